The highest BCUT2D eigenvalue weighted by Gasteiger charge is 2.27. The molecule has 1 amide bonds. The highest BCUT2D eigenvalue weighted by Crippen LogP contribution is 2.25. The number of hydrogen-bond acceptors (Lipinski definition) is 5. The minimum atomic E-state index is -0.911. The third kappa shape index (κ3) is 6.07. The SMILES string of the molecule is COc1cc(C=CC(=O)N[C@H](C(=O)OC(C)(C)C)c2ccccc2)ccc1-n1ccnc1. The molecule has 2 aromatic carbocycles. The molecular weight excluding hydrogens is 406 g/mol. The van der Waals surface area contributed by atoms with E-state index in [4.69, 9.17) is 9.47 Å². The average Bonchev–Trinajstić information content (AvgIpc) is 3.30. The normalized spacial score (nSPS) is 12.4. The molecule has 7 heteroatoms. The van der Waals surface area contributed by atoms with Gasteiger partial charge in [-0.05, 0) is 50.1 Å². The fraction of sp³-hybridized carbons (Fsp3) is 0.240. The van der Waals surface area contributed by atoms with Crippen LogP contribution in [0.3, 0.4) is 0 Å². The van der Waals surface area contributed by atoms with Crippen molar-refractivity contribution >= 4 is 18.0 Å². The summed E-state index contributed by atoms with van der Waals surface area (Å²) in [6.07, 6.45) is 8.23. The summed E-state index contributed by atoms with van der Waals surface area (Å²) in [6.45, 7) is 5.36. The molecule has 0 aliphatic heterocycles. The Morgan fingerprint density at radius 2 is 1.88 bits per heavy atom. The van der Waals surface area contributed by atoms with Crippen LogP contribution in [0.25, 0.3) is 11.8 Å². The van der Waals surface area contributed by atoms with Gasteiger partial charge in [0.1, 0.15) is 11.4 Å². The third-order valence-electron chi connectivity index (χ3n) is 4.48. The van der Waals surface area contributed by atoms with Crippen LogP contribution in [0, 0.1) is 0 Å². The molecule has 1 N–H and O–H groups in total. The quantitative estimate of drug-likeness (QED) is 0.448. The number of hydrogen-bond donors (Lipinski definition) is 1. The second kappa shape index (κ2) is 9.96. The highest BCUT2D eigenvalue weighted by atomic mass is 16.6. The first-order chi connectivity index (χ1) is 15.3. The summed E-state index contributed by atoms with van der Waals surface area (Å²) in [5.74, 6) is -0.291. The van der Waals surface area contributed by atoms with Crippen LogP contribution in [0.5, 0.6) is 5.75 Å². The summed E-state index contributed by atoms with van der Waals surface area (Å²) in [6, 6.07) is 13.7. The van der Waals surface area contributed by atoms with Gasteiger partial charge in [-0.25, -0.2) is 9.78 Å². The number of nitrogens with zero attached hydrogens (tertiary/aromatic N) is 2. The number of rotatable bonds is 7. The predicted molar refractivity (Wildman–Crippen MR) is 122 cm³/mol. The average molecular weight is 434 g/mol. The Hall–Kier alpha value is -3.87. The summed E-state index contributed by atoms with van der Waals surface area (Å²) < 4.78 is 12.8. The minimum absolute atomic E-state index is 0.414. The van der Waals surface area contributed by atoms with Crippen molar-refractivity contribution in [2.75, 3.05) is 7.11 Å². The lowest BCUT2D eigenvalue weighted by atomic mass is 10.1. The monoisotopic (exact) mass is 433 g/mol. The van der Waals surface area contributed by atoms with Crippen molar-refractivity contribution < 1.29 is 19.1 Å². The Balaban J connectivity index is 1.76. The topological polar surface area (TPSA) is 82.5 Å². The lowest BCUT2D eigenvalue weighted by Crippen LogP contribution is -2.37. The van der Waals surface area contributed by atoms with Gasteiger partial charge in [0, 0.05) is 18.5 Å². The van der Waals surface area contributed by atoms with E-state index in [-0.39, 0.29) is 0 Å². The van der Waals surface area contributed by atoms with E-state index in [0.717, 1.165) is 11.3 Å². The number of benzene rings is 2. The summed E-state index contributed by atoms with van der Waals surface area (Å²) in [4.78, 5) is 29.4. The Morgan fingerprint density at radius 1 is 1.12 bits per heavy atom. The molecule has 1 atom stereocenters. The van der Waals surface area contributed by atoms with E-state index in [1.54, 1.807) is 58.6 Å². The minimum Gasteiger partial charge on any atom is -0.495 e. The molecule has 3 rings (SSSR count). The van der Waals surface area contributed by atoms with Crippen molar-refractivity contribution in [2.24, 2.45) is 0 Å². The van der Waals surface area contributed by atoms with E-state index in [1.165, 1.54) is 6.08 Å². The standard InChI is InChI=1S/C25H27N3O4/c1-25(2,3)32-24(30)23(19-8-6-5-7-9-19)27-22(29)13-11-18-10-12-20(21(16-18)31-4)28-15-14-26-17-28/h5-17,23H,1-4H3,(H,27,29)/t23-/m0/s1. The van der Waals surface area contributed by atoms with Gasteiger partial charge in [0.15, 0.2) is 6.04 Å². The van der Waals surface area contributed by atoms with Crippen molar-refractivity contribution in [2.45, 2.75) is 32.4 Å². The summed E-state index contributed by atoms with van der Waals surface area (Å²) in [5, 5.41) is 2.74. The molecule has 32 heavy (non-hydrogen) atoms. The number of imidazole rings is 1. The van der Waals surface area contributed by atoms with Crippen molar-refractivity contribution in [3.63, 3.8) is 0 Å². The van der Waals surface area contributed by atoms with Crippen LogP contribution in [0.15, 0.2) is 73.3 Å². The van der Waals surface area contributed by atoms with Crippen LogP contribution in [-0.4, -0.2) is 34.1 Å². The van der Waals surface area contributed by atoms with Gasteiger partial charge in [0.05, 0.1) is 19.1 Å². The van der Waals surface area contributed by atoms with Gasteiger partial charge in [0.25, 0.3) is 0 Å². The fourth-order valence-corrected chi connectivity index (χ4v) is 3.06. The molecule has 0 spiro atoms. The van der Waals surface area contributed by atoms with Gasteiger partial charge in [-0.1, -0.05) is 36.4 Å². The van der Waals surface area contributed by atoms with Crippen LogP contribution in [0.4, 0.5) is 0 Å². The molecule has 1 aromatic heterocycles. The molecule has 0 aliphatic carbocycles. The number of methoxy groups -OCH3 is 1. The number of aromatic nitrogens is 2. The highest BCUT2D eigenvalue weighted by molar-refractivity contribution is 5.95. The Bertz CT molecular complexity index is 1080. The molecule has 0 radical (unpaired) electrons. The molecule has 0 bridgehead atoms. The molecule has 166 valence electrons. The molecule has 0 saturated carbocycles. The maximum atomic E-state index is 12.7. The van der Waals surface area contributed by atoms with Crippen molar-refractivity contribution in [1.82, 2.24) is 14.9 Å². The molecule has 7 nitrogen and oxygen atoms in total. The van der Waals surface area contributed by atoms with E-state index < -0.39 is 23.5 Å². The van der Waals surface area contributed by atoms with E-state index in [0.29, 0.717) is 11.3 Å². The van der Waals surface area contributed by atoms with Gasteiger partial charge >= 0.3 is 5.97 Å². The van der Waals surface area contributed by atoms with Crippen molar-refractivity contribution in [3.8, 4) is 11.4 Å². The summed E-state index contributed by atoms with van der Waals surface area (Å²) >= 11 is 0. The zero-order valence-corrected chi connectivity index (χ0v) is 18.6. The zero-order valence-electron chi connectivity index (χ0n) is 18.6. The molecule has 0 unspecified atom stereocenters. The fourth-order valence-electron chi connectivity index (χ4n) is 3.06. The Kier molecular flexibility index (Phi) is 7.10. The van der Waals surface area contributed by atoms with Gasteiger partial charge in [-0.2, -0.15) is 0 Å². The number of nitrogens with one attached hydrogen (secondary N) is 1. The van der Waals surface area contributed by atoms with Gasteiger partial charge < -0.3 is 19.4 Å². The number of amides is 1. The third-order valence-corrected chi connectivity index (χ3v) is 4.48. The first kappa shape index (κ1) is 22.8. The Morgan fingerprint density at radius 3 is 2.50 bits per heavy atom. The number of ether oxygens (including phenoxy) is 2. The van der Waals surface area contributed by atoms with Crippen LogP contribution in [0.2, 0.25) is 0 Å². The first-order valence-electron chi connectivity index (χ1n) is 10.2. The molecule has 3 aromatic rings. The summed E-state index contributed by atoms with van der Waals surface area (Å²) in [5.41, 5.74) is 1.59. The second-order valence-electron chi connectivity index (χ2n) is 8.12. The molecule has 0 fully saturated rings. The smallest absolute Gasteiger partial charge is 0.333 e. The number of esters is 1. The van der Waals surface area contributed by atoms with E-state index >= 15 is 0 Å². The van der Waals surface area contributed by atoms with Gasteiger partial charge in [-0.3, -0.25) is 4.79 Å². The zero-order chi connectivity index (χ0) is 23.1. The largest absolute Gasteiger partial charge is 0.495 e. The molecule has 0 aliphatic rings. The first-order valence-corrected chi connectivity index (χ1v) is 10.2. The predicted octanol–water partition coefficient (Wildman–Crippen LogP) is 4.09. The molecule has 0 saturated heterocycles. The van der Waals surface area contributed by atoms with Gasteiger partial charge in [0.2, 0.25) is 5.91 Å². The van der Waals surface area contributed by atoms with Crippen LogP contribution >= 0.6 is 0 Å². The second-order valence-corrected chi connectivity index (χ2v) is 8.12. The summed E-state index contributed by atoms with van der Waals surface area (Å²) in [7, 11) is 1.58. The molecule has 1 heterocycles. The van der Waals surface area contributed by atoms with Crippen LogP contribution < -0.4 is 10.1 Å². The van der Waals surface area contributed by atoms with E-state index in [2.05, 4.69) is 10.3 Å². The number of carbonyl (C=O) groups excluding carboxylic acids is 2. The maximum absolute atomic E-state index is 12.7. The van der Waals surface area contributed by atoms with Crippen molar-refractivity contribution in [1.29, 1.82) is 0 Å². The molecular formula is C25H27N3O4. The van der Waals surface area contributed by atoms with Gasteiger partial charge in [-0.15, -0.1) is 0 Å². The lowest BCUT2D eigenvalue weighted by Gasteiger charge is -2.24. The van der Waals surface area contributed by atoms with E-state index in [1.807, 2.05) is 47.2 Å². The van der Waals surface area contributed by atoms with Crippen LogP contribution in [0.1, 0.15) is 37.9 Å². The Labute approximate surface area is 187 Å². The van der Waals surface area contributed by atoms with E-state index in [9.17, 15) is 9.59 Å². The van der Waals surface area contributed by atoms with Crippen LogP contribution in [-0.2, 0) is 14.3 Å². The maximum Gasteiger partial charge on any atom is 0.333 e. The lowest BCUT2D eigenvalue weighted by molar-refractivity contribution is -0.158. The number of carbonyl (C=O) groups is 2. The van der Waals surface area contributed by atoms with Crippen molar-refractivity contribution in [3.05, 3.63) is 84.5 Å².